The van der Waals surface area contributed by atoms with Gasteiger partial charge in [-0.15, -0.1) is 0 Å². The summed E-state index contributed by atoms with van der Waals surface area (Å²) < 4.78 is 10.1. The summed E-state index contributed by atoms with van der Waals surface area (Å²) >= 11 is 0. The summed E-state index contributed by atoms with van der Waals surface area (Å²) in [6.45, 7) is 1.84. The molecule has 0 aliphatic carbocycles. The second-order valence-corrected chi connectivity index (χ2v) is 2.92. The lowest BCUT2D eigenvalue weighted by molar-refractivity contribution is 0.363. The van der Waals surface area contributed by atoms with Crippen LogP contribution in [0.3, 0.4) is 0 Å². The van der Waals surface area contributed by atoms with Crippen LogP contribution in [-0.4, -0.2) is 13.2 Å². The minimum absolute atomic E-state index is 0.0561. The van der Waals surface area contributed by atoms with Crippen molar-refractivity contribution in [1.82, 2.24) is 0 Å². The van der Waals surface area contributed by atoms with Gasteiger partial charge in [0.15, 0.2) is 5.76 Å². The van der Waals surface area contributed by atoms with Crippen LogP contribution in [0, 0.1) is 0 Å². The van der Waals surface area contributed by atoms with Crippen LogP contribution in [0.5, 0.6) is 5.75 Å². The molecule has 4 nitrogen and oxygen atoms in total. The van der Waals surface area contributed by atoms with Crippen LogP contribution < -0.4 is 15.9 Å². The van der Waals surface area contributed by atoms with Crippen molar-refractivity contribution in [2.45, 2.75) is 19.4 Å². The molecule has 0 spiro atoms. The summed E-state index contributed by atoms with van der Waals surface area (Å²) in [5, 5.41) is 0. The minimum atomic E-state index is -0.176. The molecular formula is C9H13NO3. The van der Waals surface area contributed by atoms with Gasteiger partial charge in [-0.25, -0.2) is 0 Å². The number of rotatable bonds is 3. The normalized spacial score (nSPS) is 12.5. The molecule has 13 heavy (non-hydrogen) atoms. The van der Waals surface area contributed by atoms with Gasteiger partial charge in [0.2, 0.25) is 11.2 Å². The lowest BCUT2D eigenvalue weighted by atomic mass is 10.2. The molecule has 0 amide bonds. The molecule has 1 atom stereocenters. The first kappa shape index (κ1) is 9.80. The van der Waals surface area contributed by atoms with Gasteiger partial charge in [-0.1, -0.05) is 0 Å². The van der Waals surface area contributed by atoms with Gasteiger partial charge in [0.25, 0.3) is 0 Å². The molecule has 0 fully saturated rings. The van der Waals surface area contributed by atoms with Crippen LogP contribution in [0.25, 0.3) is 0 Å². The van der Waals surface area contributed by atoms with Crippen molar-refractivity contribution < 1.29 is 9.15 Å². The first-order valence-electron chi connectivity index (χ1n) is 4.05. The van der Waals surface area contributed by atoms with Gasteiger partial charge in [0, 0.05) is 18.5 Å². The quantitative estimate of drug-likeness (QED) is 0.742. The smallest absolute Gasteiger partial charge is 0.226 e. The van der Waals surface area contributed by atoms with E-state index < -0.39 is 0 Å². The van der Waals surface area contributed by atoms with Gasteiger partial charge in [-0.2, -0.15) is 0 Å². The highest BCUT2D eigenvalue weighted by molar-refractivity contribution is 5.24. The summed E-state index contributed by atoms with van der Waals surface area (Å²) in [7, 11) is 1.44. The topological polar surface area (TPSA) is 65.5 Å². The zero-order valence-electron chi connectivity index (χ0n) is 7.74. The van der Waals surface area contributed by atoms with E-state index in [0.29, 0.717) is 12.2 Å². The Bertz CT molecular complexity index is 330. The molecule has 0 saturated carbocycles. The molecule has 0 bridgehead atoms. The molecule has 0 radical (unpaired) electrons. The van der Waals surface area contributed by atoms with Crippen molar-refractivity contribution in [2.24, 2.45) is 5.73 Å². The molecule has 1 aromatic rings. The summed E-state index contributed by atoms with van der Waals surface area (Å²) in [5.41, 5.74) is 5.40. The Morgan fingerprint density at radius 2 is 2.38 bits per heavy atom. The highest BCUT2D eigenvalue weighted by Crippen LogP contribution is 2.13. The van der Waals surface area contributed by atoms with E-state index in [1.54, 1.807) is 0 Å². The van der Waals surface area contributed by atoms with Crippen LogP contribution in [0.4, 0.5) is 0 Å². The Balaban J connectivity index is 3.05. The molecule has 1 aromatic heterocycles. The zero-order chi connectivity index (χ0) is 9.84. The van der Waals surface area contributed by atoms with Gasteiger partial charge >= 0.3 is 0 Å². The van der Waals surface area contributed by atoms with Crippen LogP contribution in [0.1, 0.15) is 12.7 Å². The number of ether oxygens (including phenoxy) is 1. The van der Waals surface area contributed by atoms with Crippen LogP contribution >= 0.6 is 0 Å². The Labute approximate surface area is 76.3 Å². The van der Waals surface area contributed by atoms with E-state index in [4.69, 9.17) is 14.9 Å². The third-order valence-electron chi connectivity index (χ3n) is 1.62. The van der Waals surface area contributed by atoms with Crippen molar-refractivity contribution in [3.05, 3.63) is 28.3 Å². The summed E-state index contributed by atoms with van der Waals surface area (Å²) in [6, 6.07) is 1.27. The van der Waals surface area contributed by atoms with Gasteiger partial charge < -0.3 is 14.9 Å². The number of hydrogen-bond donors (Lipinski definition) is 1. The van der Waals surface area contributed by atoms with Crippen molar-refractivity contribution in [3.8, 4) is 5.75 Å². The first-order valence-corrected chi connectivity index (χ1v) is 4.05. The Hall–Kier alpha value is -1.29. The Morgan fingerprint density at radius 3 is 2.92 bits per heavy atom. The molecule has 2 N–H and O–H groups in total. The fourth-order valence-corrected chi connectivity index (χ4v) is 1.09. The first-order chi connectivity index (χ1) is 6.15. The van der Waals surface area contributed by atoms with E-state index in [-0.39, 0.29) is 17.2 Å². The van der Waals surface area contributed by atoms with Gasteiger partial charge in [-0.3, -0.25) is 4.79 Å². The van der Waals surface area contributed by atoms with E-state index in [1.807, 2.05) is 6.92 Å². The van der Waals surface area contributed by atoms with Gasteiger partial charge in [-0.05, 0) is 6.92 Å². The predicted molar refractivity (Wildman–Crippen MR) is 48.9 cm³/mol. The van der Waals surface area contributed by atoms with Crippen molar-refractivity contribution >= 4 is 0 Å². The molecule has 1 heterocycles. The highest BCUT2D eigenvalue weighted by Gasteiger charge is 2.10. The second kappa shape index (κ2) is 4.09. The molecule has 0 aliphatic heterocycles. The molecule has 72 valence electrons. The molecule has 0 aliphatic rings. The van der Waals surface area contributed by atoms with Gasteiger partial charge in [0.05, 0.1) is 13.4 Å². The molecule has 1 unspecified atom stereocenters. The maximum Gasteiger partial charge on any atom is 0.226 e. The predicted octanol–water partition coefficient (Wildman–Crippen LogP) is 0.538. The zero-order valence-corrected chi connectivity index (χ0v) is 7.74. The van der Waals surface area contributed by atoms with Crippen LogP contribution in [-0.2, 0) is 6.42 Å². The van der Waals surface area contributed by atoms with Crippen molar-refractivity contribution in [2.75, 3.05) is 7.11 Å². The molecule has 4 heteroatoms. The second-order valence-electron chi connectivity index (χ2n) is 2.92. The lowest BCUT2D eigenvalue weighted by Crippen LogP contribution is -2.19. The average Bonchev–Trinajstić information content (AvgIpc) is 2.03. The number of nitrogens with two attached hydrogens (primary N) is 1. The summed E-state index contributed by atoms with van der Waals surface area (Å²) in [6.07, 6.45) is 1.85. The van der Waals surface area contributed by atoms with E-state index in [0.717, 1.165) is 0 Å². The molecule has 0 saturated heterocycles. The van der Waals surface area contributed by atoms with Crippen molar-refractivity contribution in [3.63, 3.8) is 0 Å². The Kier molecular flexibility index (Phi) is 3.08. The molecule has 1 rings (SSSR count). The maximum absolute atomic E-state index is 11.2. The number of hydrogen-bond acceptors (Lipinski definition) is 4. The maximum atomic E-state index is 11.2. The largest absolute Gasteiger partial charge is 0.490 e. The van der Waals surface area contributed by atoms with Crippen LogP contribution in [0.15, 0.2) is 21.5 Å². The average molecular weight is 183 g/mol. The van der Waals surface area contributed by atoms with E-state index >= 15 is 0 Å². The highest BCUT2D eigenvalue weighted by atomic mass is 16.5. The monoisotopic (exact) mass is 183 g/mol. The van der Waals surface area contributed by atoms with E-state index in [9.17, 15) is 4.79 Å². The van der Waals surface area contributed by atoms with Crippen molar-refractivity contribution in [1.29, 1.82) is 0 Å². The fraction of sp³-hybridized carbons (Fsp3) is 0.444. The van der Waals surface area contributed by atoms with E-state index in [1.165, 1.54) is 19.4 Å². The summed E-state index contributed by atoms with van der Waals surface area (Å²) in [4.78, 5) is 11.2. The number of methoxy groups -OCH3 is 1. The van der Waals surface area contributed by atoms with Crippen LogP contribution in [0.2, 0.25) is 0 Å². The standard InChI is InChI=1S/C9H13NO3/c1-6(10)5-8-9(12-2)7(11)3-4-13-8/h3-4,6H,5,10H2,1-2H3. The third kappa shape index (κ3) is 2.32. The van der Waals surface area contributed by atoms with Gasteiger partial charge in [0.1, 0.15) is 0 Å². The fourth-order valence-electron chi connectivity index (χ4n) is 1.09. The lowest BCUT2D eigenvalue weighted by Gasteiger charge is -2.07. The van der Waals surface area contributed by atoms with E-state index in [2.05, 4.69) is 0 Å². The SMILES string of the molecule is COc1c(CC(C)N)occc1=O. The Morgan fingerprint density at radius 1 is 1.69 bits per heavy atom. The minimum Gasteiger partial charge on any atom is -0.490 e. The molecular weight excluding hydrogens is 170 g/mol. The third-order valence-corrected chi connectivity index (χ3v) is 1.62. The molecule has 0 aromatic carbocycles. The summed E-state index contributed by atoms with van der Waals surface area (Å²) in [5.74, 6) is 0.754.